The number of anilines is 1. The van der Waals surface area contributed by atoms with Crippen LogP contribution in [0.5, 0.6) is 0 Å². The van der Waals surface area contributed by atoms with Crippen LogP contribution in [0.2, 0.25) is 0 Å². The van der Waals surface area contributed by atoms with Crippen LogP contribution in [-0.2, 0) is 21.4 Å². The van der Waals surface area contributed by atoms with Crippen LogP contribution in [0, 0.1) is 18.7 Å². The van der Waals surface area contributed by atoms with E-state index in [1.807, 2.05) is 43.3 Å². The number of sulfonamides is 1. The number of rotatable bonds is 6. The number of carbonyl (C=O) groups is 1. The molecule has 0 radical (unpaired) electrons. The van der Waals surface area contributed by atoms with Crippen LogP contribution in [0.25, 0.3) is 10.2 Å². The lowest BCUT2D eigenvalue weighted by molar-refractivity contribution is -0.123. The van der Waals surface area contributed by atoms with E-state index in [1.165, 1.54) is 33.8 Å². The number of hydrogen-bond donors (Lipinski definition) is 0. The van der Waals surface area contributed by atoms with Crippen LogP contribution in [0.3, 0.4) is 0 Å². The smallest absolute Gasteiger partial charge is 0.245 e. The highest BCUT2D eigenvalue weighted by Gasteiger charge is 2.36. The molecule has 1 amide bonds. The molecule has 1 fully saturated rings. The predicted octanol–water partition coefficient (Wildman–Crippen LogP) is 4.77. The Labute approximate surface area is 213 Å². The van der Waals surface area contributed by atoms with Gasteiger partial charge in [-0.25, -0.2) is 17.8 Å². The Hall–Kier alpha value is -3.21. The van der Waals surface area contributed by atoms with Crippen molar-refractivity contribution in [1.29, 1.82) is 0 Å². The Morgan fingerprint density at radius 2 is 1.83 bits per heavy atom. The van der Waals surface area contributed by atoms with Crippen LogP contribution < -0.4 is 4.90 Å². The lowest BCUT2D eigenvalue weighted by atomic mass is 9.96. The lowest BCUT2D eigenvalue weighted by Gasteiger charge is -2.33. The van der Waals surface area contributed by atoms with E-state index in [1.54, 1.807) is 11.1 Å². The van der Waals surface area contributed by atoms with Crippen molar-refractivity contribution < 1.29 is 17.6 Å². The van der Waals surface area contributed by atoms with Crippen molar-refractivity contribution in [3.8, 4) is 0 Å². The van der Waals surface area contributed by atoms with Crippen molar-refractivity contribution in [1.82, 2.24) is 14.3 Å². The molecule has 0 unspecified atom stereocenters. The van der Waals surface area contributed by atoms with Crippen LogP contribution in [-0.4, -0.2) is 41.7 Å². The highest BCUT2D eigenvalue weighted by atomic mass is 32.2. The second-order valence-corrected chi connectivity index (χ2v) is 11.7. The van der Waals surface area contributed by atoms with E-state index in [2.05, 4.69) is 4.98 Å². The summed E-state index contributed by atoms with van der Waals surface area (Å²) < 4.78 is 42.4. The Kier molecular flexibility index (Phi) is 6.83. The molecule has 0 saturated carbocycles. The second-order valence-electron chi connectivity index (χ2n) is 8.77. The molecule has 36 heavy (non-hydrogen) atoms. The van der Waals surface area contributed by atoms with E-state index in [4.69, 9.17) is 4.98 Å². The summed E-state index contributed by atoms with van der Waals surface area (Å²) in [6.45, 7) is 2.54. The fraction of sp³-hybridized carbons (Fsp3) is 0.269. The van der Waals surface area contributed by atoms with Crippen molar-refractivity contribution >= 4 is 42.6 Å². The molecule has 0 bridgehead atoms. The Balaban J connectivity index is 1.39. The molecule has 3 heterocycles. The summed E-state index contributed by atoms with van der Waals surface area (Å²) in [7, 11) is -3.97. The number of thiazole rings is 1. The van der Waals surface area contributed by atoms with Gasteiger partial charge in [0, 0.05) is 25.2 Å². The minimum absolute atomic E-state index is 0.111. The number of aromatic nitrogens is 2. The van der Waals surface area contributed by atoms with Gasteiger partial charge in [0.15, 0.2) is 5.13 Å². The molecule has 7 nitrogen and oxygen atoms in total. The van der Waals surface area contributed by atoms with Crippen molar-refractivity contribution in [2.24, 2.45) is 5.92 Å². The first kappa shape index (κ1) is 24.5. The summed E-state index contributed by atoms with van der Waals surface area (Å²) in [5.41, 5.74) is 2.63. The molecule has 2 aromatic heterocycles. The number of nitrogens with zero attached hydrogens (tertiary/aromatic N) is 4. The molecule has 0 N–H and O–H groups in total. The first-order valence-corrected chi connectivity index (χ1v) is 13.9. The number of benzene rings is 2. The fourth-order valence-corrected chi connectivity index (χ4v) is 7.02. The number of hydrogen-bond acceptors (Lipinski definition) is 6. The Morgan fingerprint density at radius 1 is 1.08 bits per heavy atom. The van der Waals surface area contributed by atoms with Crippen molar-refractivity contribution in [2.45, 2.75) is 31.2 Å². The van der Waals surface area contributed by atoms with Crippen LogP contribution in [0.1, 0.15) is 24.1 Å². The maximum Gasteiger partial charge on any atom is 0.245 e. The van der Waals surface area contributed by atoms with Gasteiger partial charge in [-0.1, -0.05) is 41.7 Å². The second kappa shape index (κ2) is 10.0. The molecule has 186 valence electrons. The van der Waals surface area contributed by atoms with Crippen LogP contribution in [0.15, 0.2) is 71.8 Å². The molecule has 4 aromatic rings. The number of piperidine rings is 1. The zero-order valence-corrected chi connectivity index (χ0v) is 21.3. The number of aryl methyl sites for hydroxylation is 1. The SMILES string of the molecule is Cc1cccc2sc(N(Cc3ccccn3)C(=O)C3CCN(S(=O)(=O)c4ccccc4F)CC3)nc12. The summed E-state index contributed by atoms with van der Waals surface area (Å²) in [6.07, 6.45) is 2.37. The number of fused-ring (bicyclic) bond motifs is 1. The lowest BCUT2D eigenvalue weighted by Crippen LogP contribution is -2.44. The maximum atomic E-state index is 14.2. The standard InChI is InChI=1S/C26H25FN4O3S2/c1-18-7-6-10-22-24(18)29-26(35-22)31(17-20-8-4-5-14-28-20)25(32)19-12-15-30(16-13-19)36(33,34)23-11-3-2-9-21(23)27/h2-11,14,19H,12-13,15-17H2,1H3. The number of pyridine rings is 1. The molecule has 10 heteroatoms. The van der Waals surface area contributed by atoms with Crippen LogP contribution in [0.4, 0.5) is 9.52 Å². The largest absolute Gasteiger partial charge is 0.282 e. The van der Waals surface area contributed by atoms with Gasteiger partial charge in [-0.3, -0.25) is 14.7 Å². The maximum absolute atomic E-state index is 14.2. The zero-order chi connectivity index (χ0) is 25.3. The average Bonchev–Trinajstić information content (AvgIpc) is 3.33. The van der Waals surface area contributed by atoms with Gasteiger partial charge in [-0.15, -0.1) is 0 Å². The third-order valence-corrected chi connectivity index (χ3v) is 9.39. The Morgan fingerprint density at radius 3 is 2.53 bits per heavy atom. The third kappa shape index (κ3) is 4.76. The molecule has 2 aromatic carbocycles. The number of carbonyl (C=O) groups excluding carboxylic acids is 1. The van der Waals surface area contributed by atoms with Gasteiger partial charge in [0.25, 0.3) is 0 Å². The van der Waals surface area contributed by atoms with Gasteiger partial charge in [-0.05, 0) is 55.7 Å². The van der Waals surface area contributed by atoms with Gasteiger partial charge < -0.3 is 0 Å². The predicted molar refractivity (Wildman–Crippen MR) is 138 cm³/mol. The van der Waals surface area contributed by atoms with Crippen molar-refractivity contribution in [3.05, 3.63) is 83.9 Å². The van der Waals surface area contributed by atoms with E-state index < -0.39 is 15.8 Å². The molecule has 1 aliphatic rings. The van der Waals surface area contributed by atoms with Gasteiger partial charge in [0.05, 0.1) is 22.5 Å². The summed E-state index contributed by atoms with van der Waals surface area (Å²) in [6, 6.07) is 16.9. The molecule has 5 rings (SSSR count). The quantitative estimate of drug-likeness (QED) is 0.363. The minimum Gasteiger partial charge on any atom is -0.282 e. The van der Waals surface area contributed by atoms with Crippen molar-refractivity contribution in [2.75, 3.05) is 18.0 Å². The molecular formula is C26H25FN4O3S2. The highest BCUT2D eigenvalue weighted by molar-refractivity contribution is 7.89. The monoisotopic (exact) mass is 524 g/mol. The number of para-hydroxylation sites is 1. The molecule has 0 atom stereocenters. The van der Waals surface area contributed by atoms with E-state index in [-0.39, 0.29) is 36.4 Å². The summed E-state index contributed by atoms with van der Waals surface area (Å²) in [5.74, 6) is -1.27. The average molecular weight is 525 g/mol. The van der Waals surface area contributed by atoms with Gasteiger partial charge in [0.1, 0.15) is 10.7 Å². The first-order valence-electron chi connectivity index (χ1n) is 11.7. The van der Waals surface area contributed by atoms with E-state index in [0.29, 0.717) is 18.0 Å². The van der Waals surface area contributed by atoms with E-state index in [0.717, 1.165) is 27.5 Å². The van der Waals surface area contributed by atoms with Gasteiger partial charge in [-0.2, -0.15) is 4.31 Å². The fourth-order valence-electron chi connectivity index (χ4n) is 4.44. The first-order chi connectivity index (χ1) is 17.3. The topological polar surface area (TPSA) is 83.5 Å². The number of amides is 1. The highest BCUT2D eigenvalue weighted by Crippen LogP contribution is 2.34. The van der Waals surface area contributed by atoms with E-state index in [9.17, 15) is 17.6 Å². The molecule has 0 spiro atoms. The number of halogens is 1. The Bertz CT molecular complexity index is 1500. The van der Waals surface area contributed by atoms with Gasteiger partial charge >= 0.3 is 0 Å². The van der Waals surface area contributed by atoms with E-state index >= 15 is 0 Å². The van der Waals surface area contributed by atoms with Gasteiger partial charge in [0.2, 0.25) is 15.9 Å². The minimum atomic E-state index is -3.97. The molecule has 0 aliphatic carbocycles. The zero-order valence-electron chi connectivity index (χ0n) is 19.7. The summed E-state index contributed by atoms with van der Waals surface area (Å²) in [4.78, 5) is 24.3. The summed E-state index contributed by atoms with van der Waals surface area (Å²) in [5, 5.41) is 0.594. The van der Waals surface area contributed by atoms with Crippen molar-refractivity contribution in [3.63, 3.8) is 0 Å². The molecule has 1 aliphatic heterocycles. The normalized spacial score (nSPS) is 15.3. The summed E-state index contributed by atoms with van der Waals surface area (Å²) >= 11 is 1.45. The van der Waals surface area contributed by atoms with Crippen LogP contribution >= 0.6 is 11.3 Å². The molecular weight excluding hydrogens is 499 g/mol. The molecule has 1 saturated heterocycles. The third-order valence-electron chi connectivity index (χ3n) is 6.41.